The van der Waals surface area contributed by atoms with Crippen molar-refractivity contribution >= 4 is 5.91 Å². The van der Waals surface area contributed by atoms with Crippen LogP contribution in [0.1, 0.15) is 26.2 Å². The van der Waals surface area contributed by atoms with Crippen LogP contribution in [-0.2, 0) is 9.53 Å². The average molecular weight is 228 g/mol. The number of likely N-dealkylation sites (tertiary alicyclic amines) is 1. The van der Waals surface area contributed by atoms with Crippen molar-refractivity contribution < 1.29 is 9.53 Å². The molecule has 1 amide bonds. The number of carbonyl (C=O) groups excluding carboxylic acids is 1. The highest BCUT2D eigenvalue weighted by Crippen LogP contribution is 2.17. The molecule has 1 aliphatic heterocycles. The first-order valence-corrected chi connectivity index (χ1v) is 6.25. The minimum atomic E-state index is 0.289. The highest BCUT2D eigenvalue weighted by molar-refractivity contribution is 5.76. The van der Waals surface area contributed by atoms with Gasteiger partial charge in [0.1, 0.15) is 0 Å². The molecule has 0 aliphatic carbocycles. The lowest BCUT2D eigenvalue weighted by atomic mass is 9.97. The summed E-state index contributed by atoms with van der Waals surface area (Å²) in [7, 11) is 1.74. The average Bonchev–Trinajstić information content (AvgIpc) is 2.30. The Balaban J connectivity index is 2.17. The summed E-state index contributed by atoms with van der Waals surface area (Å²) in [5, 5.41) is 3.18. The first kappa shape index (κ1) is 13.5. The minimum Gasteiger partial charge on any atom is -0.384 e. The predicted molar refractivity (Wildman–Crippen MR) is 64.3 cm³/mol. The van der Waals surface area contributed by atoms with Crippen LogP contribution in [0, 0.1) is 5.92 Å². The van der Waals surface area contributed by atoms with Crippen molar-refractivity contribution in [1.82, 2.24) is 10.2 Å². The van der Waals surface area contributed by atoms with Crippen LogP contribution in [0.5, 0.6) is 0 Å². The summed E-state index contributed by atoms with van der Waals surface area (Å²) in [6.07, 6.45) is 2.80. The zero-order valence-electron chi connectivity index (χ0n) is 10.5. The van der Waals surface area contributed by atoms with Gasteiger partial charge in [-0.05, 0) is 25.3 Å². The molecule has 0 spiro atoms. The Hall–Kier alpha value is -0.610. The largest absolute Gasteiger partial charge is 0.384 e. The van der Waals surface area contributed by atoms with Gasteiger partial charge >= 0.3 is 0 Å². The van der Waals surface area contributed by atoms with Crippen molar-refractivity contribution in [1.29, 1.82) is 0 Å². The smallest absolute Gasteiger partial charge is 0.223 e. The second-order valence-electron chi connectivity index (χ2n) is 4.38. The van der Waals surface area contributed by atoms with Gasteiger partial charge in [0, 0.05) is 39.8 Å². The quantitative estimate of drug-likeness (QED) is 0.686. The fourth-order valence-electron chi connectivity index (χ4n) is 2.11. The maximum Gasteiger partial charge on any atom is 0.223 e. The molecule has 0 atom stereocenters. The van der Waals surface area contributed by atoms with E-state index in [9.17, 15) is 4.79 Å². The third-order valence-electron chi connectivity index (χ3n) is 3.14. The standard InChI is InChI=1S/C12H24N2O2/c1-3-13-7-4-12(15)14-8-5-11(6-9-14)10-16-2/h11,13H,3-10H2,1-2H3. The van der Waals surface area contributed by atoms with E-state index in [1.165, 1.54) is 0 Å². The summed E-state index contributed by atoms with van der Waals surface area (Å²) >= 11 is 0. The zero-order valence-corrected chi connectivity index (χ0v) is 10.5. The molecular formula is C12H24N2O2. The van der Waals surface area contributed by atoms with Gasteiger partial charge in [0.25, 0.3) is 0 Å². The molecule has 1 rings (SSSR count). The van der Waals surface area contributed by atoms with Crippen LogP contribution in [0.2, 0.25) is 0 Å². The lowest BCUT2D eigenvalue weighted by Crippen LogP contribution is -2.40. The molecule has 0 unspecified atom stereocenters. The van der Waals surface area contributed by atoms with Gasteiger partial charge in [-0.1, -0.05) is 6.92 Å². The van der Waals surface area contributed by atoms with Crippen LogP contribution in [0.15, 0.2) is 0 Å². The van der Waals surface area contributed by atoms with Crippen LogP contribution in [0.3, 0.4) is 0 Å². The van der Waals surface area contributed by atoms with Crippen LogP contribution in [0.25, 0.3) is 0 Å². The van der Waals surface area contributed by atoms with Crippen LogP contribution >= 0.6 is 0 Å². The number of methoxy groups -OCH3 is 1. The Morgan fingerprint density at radius 2 is 2.12 bits per heavy atom. The van der Waals surface area contributed by atoms with Crippen molar-refractivity contribution in [2.24, 2.45) is 5.92 Å². The number of hydrogen-bond donors (Lipinski definition) is 1. The maximum atomic E-state index is 11.8. The molecule has 4 heteroatoms. The first-order chi connectivity index (χ1) is 7.77. The molecule has 1 N–H and O–H groups in total. The van der Waals surface area contributed by atoms with Crippen LogP contribution in [0.4, 0.5) is 0 Å². The molecular weight excluding hydrogens is 204 g/mol. The zero-order chi connectivity index (χ0) is 11.8. The van der Waals surface area contributed by atoms with Gasteiger partial charge in [0.15, 0.2) is 0 Å². The normalized spacial score (nSPS) is 17.8. The molecule has 0 saturated carbocycles. The summed E-state index contributed by atoms with van der Waals surface area (Å²) in [5.74, 6) is 0.930. The van der Waals surface area contributed by atoms with Gasteiger partial charge in [-0.2, -0.15) is 0 Å². The highest BCUT2D eigenvalue weighted by atomic mass is 16.5. The van der Waals surface area contributed by atoms with E-state index in [2.05, 4.69) is 12.2 Å². The van der Waals surface area contributed by atoms with E-state index in [4.69, 9.17) is 4.74 Å². The van der Waals surface area contributed by atoms with E-state index in [0.29, 0.717) is 12.3 Å². The summed E-state index contributed by atoms with van der Waals surface area (Å²) in [6, 6.07) is 0. The molecule has 1 fully saturated rings. The van der Waals surface area contributed by atoms with Crippen molar-refractivity contribution in [2.75, 3.05) is 39.9 Å². The molecule has 1 aliphatic rings. The van der Waals surface area contributed by atoms with Gasteiger partial charge in [-0.25, -0.2) is 0 Å². The Morgan fingerprint density at radius 3 is 2.69 bits per heavy atom. The summed E-state index contributed by atoms with van der Waals surface area (Å²) in [6.45, 7) is 6.43. The molecule has 94 valence electrons. The number of rotatable bonds is 6. The minimum absolute atomic E-state index is 0.289. The SMILES string of the molecule is CCNCCC(=O)N1CCC(COC)CC1. The number of amides is 1. The molecule has 1 saturated heterocycles. The number of carbonyl (C=O) groups is 1. The van der Waals surface area contributed by atoms with Gasteiger partial charge in [0.2, 0.25) is 5.91 Å². The number of nitrogens with zero attached hydrogens (tertiary/aromatic N) is 1. The molecule has 0 aromatic heterocycles. The van der Waals surface area contributed by atoms with Crippen LogP contribution < -0.4 is 5.32 Å². The van der Waals surface area contributed by atoms with Crippen molar-refractivity contribution in [3.63, 3.8) is 0 Å². The van der Waals surface area contributed by atoms with Gasteiger partial charge in [0.05, 0.1) is 0 Å². The van der Waals surface area contributed by atoms with Gasteiger partial charge in [-0.3, -0.25) is 4.79 Å². The molecule has 4 nitrogen and oxygen atoms in total. The fourth-order valence-corrected chi connectivity index (χ4v) is 2.11. The van der Waals surface area contributed by atoms with Crippen molar-refractivity contribution in [3.05, 3.63) is 0 Å². The van der Waals surface area contributed by atoms with Gasteiger partial charge in [-0.15, -0.1) is 0 Å². The predicted octanol–water partition coefficient (Wildman–Crippen LogP) is 0.871. The van der Waals surface area contributed by atoms with Gasteiger partial charge < -0.3 is 15.0 Å². The highest BCUT2D eigenvalue weighted by Gasteiger charge is 2.21. The second kappa shape index (κ2) is 7.63. The Labute approximate surface area is 98.3 Å². The van der Waals surface area contributed by atoms with E-state index < -0.39 is 0 Å². The first-order valence-electron chi connectivity index (χ1n) is 6.25. The van der Waals surface area contributed by atoms with Crippen molar-refractivity contribution in [3.8, 4) is 0 Å². The fraction of sp³-hybridized carbons (Fsp3) is 0.917. The number of piperidine rings is 1. The second-order valence-corrected chi connectivity index (χ2v) is 4.38. The number of nitrogens with one attached hydrogen (secondary N) is 1. The molecule has 0 aromatic rings. The summed E-state index contributed by atoms with van der Waals surface area (Å²) in [5.41, 5.74) is 0. The molecule has 16 heavy (non-hydrogen) atoms. The third-order valence-corrected chi connectivity index (χ3v) is 3.14. The Morgan fingerprint density at radius 1 is 1.44 bits per heavy atom. The third kappa shape index (κ3) is 4.49. The summed E-state index contributed by atoms with van der Waals surface area (Å²) in [4.78, 5) is 13.8. The number of hydrogen-bond acceptors (Lipinski definition) is 3. The van der Waals surface area contributed by atoms with E-state index in [1.807, 2.05) is 4.90 Å². The number of ether oxygens (including phenoxy) is 1. The lowest BCUT2D eigenvalue weighted by molar-refractivity contribution is -0.132. The molecule has 0 aromatic carbocycles. The maximum absolute atomic E-state index is 11.8. The Bertz CT molecular complexity index is 201. The van der Waals surface area contributed by atoms with E-state index >= 15 is 0 Å². The van der Waals surface area contributed by atoms with Crippen LogP contribution in [-0.4, -0.2) is 50.7 Å². The summed E-state index contributed by atoms with van der Waals surface area (Å²) < 4.78 is 5.14. The Kier molecular flexibility index (Phi) is 6.42. The molecule has 0 radical (unpaired) electrons. The van der Waals surface area contributed by atoms with E-state index in [-0.39, 0.29) is 5.91 Å². The molecule has 0 bridgehead atoms. The van der Waals surface area contributed by atoms with E-state index in [1.54, 1.807) is 7.11 Å². The molecule has 1 heterocycles. The lowest BCUT2D eigenvalue weighted by Gasteiger charge is -2.31. The van der Waals surface area contributed by atoms with E-state index in [0.717, 1.165) is 45.6 Å². The monoisotopic (exact) mass is 228 g/mol. The van der Waals surface area contributed by atoms with Crippen molar-refractivity contribution in [2.45, 2.75) is 26.2 Å². The topological polar surface area (TPSA) is 41.6 Å².